The molecule has 1 aromatic heterocycles. The molecule has 1 aromatic carbocycles. The lowest BCUT2D eigenvalue weighted by Gasteiger charge is -2.06. The molecule has 0 spiro atoms. The SMILES string of the molecule is Cc1nc(-c2cccc(Br)c2)nc(Cl)c1C. The first-order chi connectivity index (χ1) is 7.58. The maximum Gasteiger partial charge on any atom is 0.161 e. The van der Waals surface area contributed by atoms with Gasteiger partial charge in [0.1, 0.15) is 5.15 Å². The molecule has 0 fully saturated rings. The average molecular weight is 298 g/mol. The summed E-state index contributed by atoms with van der Waals surface area (Å²) in [7, 11) is 0. The number of aryl methyl sites for hydroxylation is 1. The van der Waals surface area contributed by atoms with Gasteiger partial charge in [-0.2, -0.15) is 0 Å². The van der Waals surface area contributed by atoms with E-state index in [1.807, 2.05) is 38.1 Å². The highest BCUT2D eigenvalue weighted by atomic mass is 79.9. The molecule has 0 aliphatic heterocycles. The molecule has 0 aliphatic carbocycles. The third-order valence-corrected chi connectivity index (χ3v) is 3.27. The van der Waals surface area contributed by atoms with Crippen molar-refractivity contribution in [2.75, 3.05) is 0 Å². The van der Waals surface area contributed by atoms with Crippen LogP contribution in [0.25, 0.3) is 11.4 Å². The van der Waals surface area contributed by atoms with Crippen LogP contribution in [0, 0.1) is 13.8 Å². The van der Waals surface area contributed by atoms with E-state index in [1.165, 1.54) is 0 Å². The van der Waals surface area contributed by atoms with Crippen molar-refractivity contribution < 1.29 is 0 Å². The van der Waals surface area contributed by atoms with Gasteiger partial charge in [-0.25, -0.2) is 9.97 Å². The molecule has 0 aliphatic rings. The third kappa shape index (κ3) is 2.25. The summed E-state index contributed by atoms with van der Waals surface area (Å²) in [4.78, 5) is 8.71. The standard InChI is InChI=1S/C12H10BrClN2/c1-7-8(2)15-12(16-11(7)14)9-4-3-5-10(13)6-9/h3-6H,1-2H3. The lowest BCUT2D eigenvalue weighted by atomic mass is 10.2. The van der Waals surface area contributed by atoms with E-state index < -0.39 is 0 Å². The smallest absolute Gasteiger partial charge is 0.161 e. The normalized spacial score (nSPS) is 10.5. The van der Waals surface area contributed by atoms with Crippen LogP contribution in [0.2, 0.25) is 5.15 Å². The third-order valence-electron chi connectivity index (χ3n) is 2.41. The minimum Gasteiger partial charge on any atom is -0.233 e. The zero-order valence-corrected chi connectivity index (χ0v) is 11.3. The van der Waals surface area contributed by atoms with Crippen LogP contribution in [0.5, 0.6) is 0 Å². The highest BCUT2D eigenvalue weighted by Crippen LogP contribution is 2.23. The van der Waals surface area contributed by atoms with Crippen molar-refractivity contribution in [2.24, 2.45) is 0 Å². The Labute approximate surface area is 108 Å². The molecule has 82 valence electrons. The molecule has 2 rings (SSSR count). The summed E-state index contributed by atoms with van der Waals surface area (Å²) in [6.07, 6.45) is 0. The lowest BCUT2D eigenvalue weighted by molar-refractivity contribution is 1.07. The molecule has 0 radical (unpaired) electrons. The van der Waals surface area contributed by atoms with Gasteiger partial charge in [0.05, 0.1) is 0 Å². The second kappa shape index (κ2) is 4.52. The number of hydrogen-bond acceptors (Lipinski definition) is 2. The monoisotopic (exact) mass is 296 g/mol. The van der Waals surface area contributed by atoms with Crippen molar-refractivity contribution in [3.63, 3.8) is 0 Å². The maximum absolute atomic E-state index is 6.05. The van der Waals surface area contributed by atoms with E-state index >= 15 is 0 Å². The summed E-state index contributed by atoms with van der Waals surface area (Å²) in [5.41, 5.74) is 2.80. The van der Waals surface area contributed by atoms with Gasteiger partial charge in [-0.15, -0.1) is 0 Å². The number of benzene rings is 1. The molecule has 4 heteroatoms. The van der Waals surface area contributed by atoms with Crippen LogP contribution in [-0.2, 0) is 0 Å². The number of rotatable bonds is 1. The Balaban J connectivity index is 2.57. The zero-order valence-electron chi connectivity index (χ0n) is 8.96. The highest BCUT2D eigenvalue weighted by Gasteiger charge is 2.07. The first kappa shape index (κ1) is 11.6. The molecular weight excluding hydrogens is 288 g/mol. The largest absolute Gasteiger partial charge is 0.233 e. The number of aromatic nitrogens is 2. The molecule has 0 saturated carbocycles. The van der Waals surface area contributed by atoms with E-state index in [-0.39, 0.29) is 0 Å². The number of nitrogens with zero attached hydrogens (tertiary/aromatic N) is 2. The molecule has 0 N–H and O–H groups in total. The molecular formula is C12H10BrClN2. The predicted molar refractivity (Wildman–Crippen MR) is 69.7 cm³/mol. The molecule has 1 heterocycles. The van der Waals surface area contributed by atoms with Crippen LogP contribution in [0.3, 0.4) is 0 Å². The zero-order chi connectivity index (χ0) is 11.7. The Morgan fingerprint density at radius 1 is 1.19 bits per heavy atom. The summed E-state index contributed by atoms with van der Waals surface area (Å²) >= 11 is 9.47. The molecule has 16 heavy (non-hydrogen) atoms. The second-order valence-corrected chi connectivity index (χ2v) is 4.83. The molecule has 0 bridgehead atoms. The van der Waals surface area contributed by atoms with Crippen molar-refractivity contribution in [2.45, 2.75) is 13.8 Å². The highest BCUT2D eigenvalue weighted by molar-refractivity contribution is 9.10. The molecule has 2 nitrogen and oxygen atoms in total. The molecule has 0 saturated heterocycles. The summed E-state index contributed by atoms with van der Waals surface area (Å²) in [6.45, 7) is 3.85. The van der Waals surface area contributed by atoms with Gasteiger partial charge in [0.2, 0.25) is 0 Å². The Hall–Kier alpha value is -0.930. The maximum atomic E-state index is 6.05. The van der Waals surface area contributed by atoms with Crippen LogP contribution in [0.1, 0.15) is 11.3 Å². The molecule has 0 amide bonds. The van der Waals surface area contributed by atoms with Gasteiger partial charge in [-0.3, -0.25) is 0 Å². The minimum absolute atomic E-state index is 0.516. The summed E-state index contributed by atoms with van der Waals surface area (Å²) < 4.78 is 1.00. The average Bonchev–Trinajstić information content (AvgIpc) is 2.25. The quantitative estimate of drug-likeness (QED) is 0.738. The van der Waals surface area contributed by atoms with Crippen LogP contribution in [0.15, 0.2) is 28.7 Å². The summed E-state index contributed by atoms with van der Waals surface area (Å²) in [6, 6.07) is 7.85. The Morgan fingerprint density at radius 2 is 1.94 bits per heavy atom. The Kier molecular flexibility index (Phi) is 3.26. The van der Waals surface area contributed by atoms with Gasteiger partial charge in [0.15, 0.2) is 5.82 Å². The minimum atomic E-state index is 0.516. The van der Waals surface area contributed by atoms with E-state index in [0.717, 1.165) is 21.3 Å². The Bertz CT molecular complexity index is 517. The van der Waals surface area contributed by atoms with E-state index in [2.05, 4.69) is 25.9 Å². The number of halogens is 2. The van der Waals surface area contributed by atoms with Crippen molar-refractivity contribution in [1.29, 1.82) is 0 Å². The van der Waals surface area contributed by atoms with Crippen molar-refractivity contribution in [1.82, 2.24) is 9.97 Å². The topological polar surface area (TPSA) is 25.8 Å². The van der Waals surface area contributed by atoms with E-state index in [9.17, 15) is 0 Å². The van der Waals surface area contributed by atoms with Gasteiger partial charge in [-0.05, 0) is 26.0 Å². The fourth-order valence-electron chi connectivity index (χ4n) is 1.35. The van der Waals surface area contributed by atoms with Crippen LogP contribution >= 0.6 is 27.5 Å². The summed E-state index contributed by atoms with van der Waals surface area (Å²) in [5, 5.41) is 0.516. The summed E-state index contributed by atoms with van der Waals surface area (Å²) in [5.74, 6) is 0.661. The van der Waals surface area contributed by atoms with E-state index in [4.69, 9.17) is 11.6 Å². The predicted octanol–water partition coefficient (Wildman–Crippen LogP) is 4.18. The van der Waals surface area contributed by atoms with Gasteiger partial charge >= 0.3 is 0 Å². The van der Waals surface area contributed by atoms with Gasteiger partial charge in [-0.1, -0.05) is 39.7 Å². The first-order valence-corrected chi connectivity index (χ1v) is 6.01. The second-order valence-electron chi connectivity index (χ2n) is 3.56. The van der Waals surface area contributed by atoms with Gasteiger partial charge in [0.25, 0.3) is 0 Å². The molecule has 2 aromatic rings. The first-order valence-electron chi connectivity index (χ1n) is 4.84. The van der Waals surface area contributed by atoms with Gasteiger partial charge in [0, 0.05) is 21.3 Å². The van der Waals surface area contributed by atoms with Crippen molar-refractivity contribution >= 4 is 27.5 Å². The van der Waals surface area contributed by atoms with Crippen LogP contribution in [0.4, 0.5) is 0 Å². The Morgan fingerprint density at radius 3 is 2.56 bits per heavy atom. The van der Waals surface area contributed by atoms with E-state index in [0.29, 0.717) is 11.0 Å². The van der Waals surface area contributed by atoms with E-state index in [1.54, 1.807) is 0 Å². The fourth-order valence-corrected chi connectivity index (χ4v) is 1.97. The molecule has 0 unspecified atom stereocenters. The number of hydrogen-bond donors (Lipinski definition) is 0. The fraction of sp³-hybridized carbons (Fsp3) is 0.167. The lowest BCUT2D eigenvalue weighted by Crippen LogP contribution is -1.96. The molecule has 0 atom stereocenters. The van der Waals surface area contributed by atoms with Crippen LogP contribution < -0.4 is 0 Å². The van der Waals surface area contributed by atoms with Crippen molar-refractivity contribution in [3.8, 4) is 11.4 Å². The van der Waals surface area contributed by atoms with Crippen molar-refractivity contribution in [3.05, 3.63) is 45.1 Å². The van der Waals surface area contributed by atoms with Crippen LogP contribution in [-0.4, -0.2) is 9.97 Å². The van der Waals surface area contributed by atoms with Gasteiger partial charge < -0.3 is 0 Å².